The molecule has 0 aliphatic heterocycles. The van der Waals surface area contributed by atoms with Crippen molar-refractivity contribution in [3.63, 3.8) is 0 Å². The Hall–Kier alpha value is -3.27. The van der Waals surface area contributed by atoms with Gasteiger partial charge in [-0.15, -0.1) is 0 Å². The summed E-state index contributed by atoms with van der Waals surface area (Å²) >= 11 is 0.775. The number of halogens is 3. The highest BCUT2D eigenvalue weighted by Gasteiger charge is 2.30. The zero-order valence-electron chi connectivity index (χ0n) is 15.0. The van der Waals surface area contributed by atoms with Crippen LogP contribution in [0.1, 0.15) is 21.5 Å². The van der Waals surface area contributed by atoms with Crippen LogP contribution in [0.4, 0.5) is 13.2 Å². The van der Waals surface area contributed by atoms with E-state index in [0.29, 0.717) is 5.56 Å². The first-order chi connectivity index (χ1) is 13.7. The number of aromatic hydroxyl groups is 1. The molecule has 0 fully saturated rings. The van der Waals surface area contributed by atoms with Crippen LogP contribution in [0.25, 0.3) is 10.4 Å². The number of methoxy groups -OCH3 is 1. The van der Waals surface area contributed by atoms with Crippen LogP contribution in [0.3, 0.4) is 0 Å². The third-order valence-electron chi connectivity index (χ3n) is 4.04. The molecule has 3 rings (SSSR count). The number of aromatic nitrogens is 1. The van der Waals surface area contributed by atoms with Crippen molar-refractivity contribution >= 4 is 17.2 Å². The molecule has 152 valence electrons. The molecular weight excluding hydrogens is 409 g/mol. The molecule has 0 radical (unpaired) electrons. The summed E-state index contributed by atoms with van der Waals surface area (Å²) in [4.78, 5) is 26.1. The van der Waals surface area contributed by atoms with Crippen molar-refractivity contribution in [2.24, 2.45) is 0 Å². The maximum absolute atomic E-state index is 12.8. The molecule has 6 nitrogen and oxygen atoms in total. The zero-order valence-corrected chi connectivity index (χ0v) is 15.8. The Morgan fingerprint density at radius 1 is 1.24 bits per heavy atom. The van der Waals surface area contributed by atoms with Crippen LogP contribution >= 0.6 is 11.3 Å². The number of alkyl halides is 3. The van der Waals surface area contributed by atoms with Gasteiger partial charge in [-0.05, 0) is 41.5 Å². The molecule has 1 amide bonds. The lowest BCUT2D eigenvalue weighted by atomic mass is 10.1. The molecule has 0 spiro atoms. The molecular formula is C19H15F3N2O4S. The van der Waals surface area contributed by atoms with E-state index in [4.69, 9.17) is 4.74 Å². The second-order valence-electron chi connectivity index (χ2n) is 5.99. The Bertz CT molecular complexity index is 1110. The van der Waals surface area contributed by atoms with Crippen molar-refractivity contribution < 1.29 is 27.8 Å². The average Bonchev–Trinajstić information content (AvgIpc) is 3.03. The van der Waals surface area contributed by atoms with Crippen molar-refractivity contribution in [2.75, 3.05) is 7.11 Å². The number of ether oxygens (including phenoxy) is 1. The van der Waals surface area contributed by atoms with Gasteiger partial charge in [0.05, 0.1) is 23.1 Å². The van der Waals surface area contributed by atoms with Gasteiger partial charge >= 0.3 is 11.0 Å². The summed E-state index contributed by atoms with van der Waals surface area (Å²) in [6.07, 6.45) is -4.47. The fourth-order valence-corrected chi connectivity index (χ4v) is 3.40. The van der Waals surface area contributed by atoms with Gasteiger partial charge in [0, 0.05) is 6.54 Å². The van der Waals surface area contributed by atoms with E-state index in [1.165, 1.54) is 31.4 Å². The van der Waals surface area contributed by atoms with E-state index in [0.717, 1.165) is 23.5 Å². The SMILES string of the molecule is COc1ccc(-c2sc(=O)[nH]c2O)cc1C(=O)NCc1cccc(C(F)(F)F)c1. The highest BCUT2D eigenvalue weighted by Crippen LogP contribution is 2.33. The number of amides is 1. The topological polar surface area (TPSA) is 91.4 Å². The van der Waals surface area contributed by atoms with Crippen molar-refractivity contribution in [2.45, 2.75) is 12.7 Å². The molecule has 0 aliphatic carbocycles. The molecule has 0 atom stereocenters. The van der Waals surface area contributed by atoms with Crippen LogP contribution in [0.15, 0.2) is 47.3 Å². The van der Waals surface area contributed by atoms with Gasteiger partial charge < -0.3 is 15.2 Å². The minimum absolute atomic E-state index is 0.109. The van der Waals surface area contributed by atoms with E-state index < -0.39 is 22.5 Å². The predicted molar refractivity (Wildman–Crippen MR) is 101 cm³/mol. The number of hydrogen-bond acceptors (Lipinski definition) is 5. The molecule has 10 heteroatoms. The van der Waals surface area contributed by atoms with E-state index in [9.17, 15) is 27.9 Å². The fraction of sp³-hybridized carbons (Fsp3) is 0.158. The molecule has 3 aromatic rings. The number of rotatable bonds is 5. The second kappa shape index (κ2) is 8.00. The highest BCUT2D eigenvalue weighted by molar-refractivity contribution is 7.13. The fourth-order valence-electron chi connectivity index (χ4n) is 2.68. The Kier molecular flexibility index (Phi) is 5.64. The van der Waals surface area contributed by atoms with Gasteiger partial charge in [-0.25, -0.2) is 0 Å². The molecule has 1 heterocycles. The molecule has 0 saturated carbocycles. The van der Waals surface area contributed by atoms with Crippen molar-refractivity contribution in [3.8, 4) is 22.1 Å². The lowest BCUT2D eigenvalue weighted by molar-refractivity contribution is -0.137. The monoisotopic (exact) mass is 424 g/mol. The van der Waals surface area contributed by atoms with Gasteiger partial charge in [-0.1, -0.05) is 23.5 Å². The molecule has 2 aromatic carbocycles. The summed E-state index contributed by atoms with van der Waals surface area (Å²) in [5.41, 5.74) is -0.000414. The van der Waals surface area contributed by atoms with E-state index in [2.05, 4.69) is 10.3 Å². The molecule has 0 saturated heterocycles. The second-order valence-corrected chi connectivity index (χ2v) is 6.97. The molecule has 29 heavy (non-hydrogen) atoms. The van der Waals surface area contributed by atoms with E-state index in [-0.39, 0.29) is 34.2 Å². The quantitative estimate of drug-likeness (QED) is 0.582. The largest absolute Gasteiger partial charge is 0.496 e. The third kappa shape index (κ3) is 4.60. The van der Waals surface area contributed by atoms with Crippen LogP contribution in [0.2, 0.25) is 0 Å². The Morgan fingerprint density at radius 2 is 2.00 bits per heavy atom. The number of nitrogens with one attached hydrogen (secondary N) is 2. The molecule has 0 bridgehead atoms. The molecule has 1 aromatic heterocycles. The van der Waals surface area contributed by atoms with Gasteiger partial charge in [-0.2, -0.15) is 13.2 Å². The smallest absolute Gasteiger partial charge is 0.416 e. The summed E-state index contributed by atoms with van der Waals surface area (Å²) < 4.78 is 43.6. The van der Waals surface area contributed by atoms with Gasteiger partial charge in [0.25, 0.3) is 5.91 Å². The molecule has 0 aliphatic rings. The first-order valence-corrected chi connectivity index (χ1v) is 9.05. The van der Waals surface area contributed by atoms with Crippen molar-refractivity contribution in [1.29, 1.82) is 0 Å². The number of H-pyrrole nitrogens is 1. The summed E-state index contributed by atoms with van der Waals surface area (Å²) in [6.45, 7) is -0.126. The van der Waals surface area contributed by atoms with Crippen LogP contribution in [-0.2, 0) is 12.7 Å². The van der Waals surface area contributed by atoms with Gasteiger partial charge in [0.1, 0.15) is 5.75 Å². The lowest BCUT2D eigenvalue weighted by Crippen LogP contribution is -2.23. The number of aromatic amines is 1. The van der Waals surface area contributed by atoms with Gasteiger partial charge in [0.2, 0.25) is 5.88 Å². The first-order valence-electron chi connectivity index (χ1n) is 8.24. The average molecular weight is 424 g/mol. The zero-order chi connectivity index (χ0) is 21.2. The highest BCUT2D eigenvalue weighted by atomic mass is 32.1. The summed E-state index contributed by atoms with van der Waals surface area (Å²) in [5.74, 6) is -0.665. The first kappa shape index (κ1) is 20.5. The van der Waals surface area contributed by atoms with Crippen LogP contribution in [-0.4, -0.2) is 23.1 Å². The van der Waals surface area contributed by atoms with E-state index in [1.807, 2.05) is 0 Å². The summed E-state index contributed by atoms with van der Waals surface area (Å²) in [5, 5.41) is 12.4. The molecule has 0 unspecified atom stereocenters. The van der Waals surface area contributed by atoms with Gasteiger partial charge in [0.15, 0.2) is 0 Å². The maximum atomic E-state index is 12.8. The lowest BCUT2D eigenvalue weighted by Gasteiger charge is -2.12. The van der Waals surface area contributed by atoms with Crippen LogP contribution < -0.4 is 14.9 Å². The van der Waals surface area contributed by atoms with Crippen LogP contribution in [0, 0.1) is 0 Å². The number of hydrogen-bond donors (Lipinski definition) is 3. The van der Waals surface area contributed by atoms with Gasteiger partial charge in [-0.3, -0.25) is 14.6 Å². The minimum Gasteiger partial charge on any atom is -0.496 e. The van der Waals surface area contributed by atoms with E-state index >= 15 is 0 Å². The Labute approximate surface area is 166 Å². The normalized spacial score (nSPS) is 11.3. The summed E-state index contributed by atoms with van der Waals surface area (Å²) in [7, 11) is 1.37. The number of carbonyl (C=O) groups excluding carboxylic acids is 1. The summed E-state index contributed by atoms with van der Waals surface area (Å²) in [6, 6.07) is 9.15. The number of benzene rings is 2. The maximum Gasteiger partial charge on any atom is 0.416 e. The van der Waals surface area contributed by atoms with E-state index in [1.54, 1.807) is 6.07 Å². The third-order valence-corrected chi connectivity index (χ3v) is 4.96. The Morgan fingerprint density at radius 3 is 2.62 bits per heavy atom. The van der Waals surface area contributed by atoms with Crippen molar-refractivity contribution in [1.82, 2.24) is 10.3 Å². The Balaban J connectivity index is 1.84. The predicted octanol–water partition coefficient (Wildman–Crippen LogP) is 3.77. The number of carbonyl (C=O) groups is 1. The standard InChI is InChI=1S/C19H15F3N2O4S/c1-28-14-6-5-11(15-17(26)24-18(27)29-15)8-13(14)16(25)23-9-10-3-2-4-12(7-10)19(20,21)22/h2-8,26H,9H2,1H3,(H,23,25)(H,24,27). The molecule has 3 N–H and O–H groups in total. The van der Waals surface area contributed by atoms with Crippen LogP contribution in [0.5, 0.6) is 11.6 Å². The van der Waals surface area contributed by atoms with Crippen molar-refractivity contribution in [3.05, 3.63) is 68.8 Å². The minimum atomic E-state index is -4.47. The number of thiazole rings is 1.